The van der Waals surface area contributed by atoms with Gasteiger partial charge in [-0.2, -0.15) is 0 Å². The first-order chi connectivity index (χ1) is 22.7. The summed E-state index contributed by atoms with van der Waals surface area (Å²) in [5.74, 6) is 0. The van der Waals surface area contributed by atoms with E-state index in [0.717, 1.165) is 44.6 Å². The molecule has 0 aliphatic carbocycles. The van der Waals surface area contributed by atoms with Gasteiger partial charge in [0.25, 0.3) is 0 Å². The third-order valence-corrected chi connectivity index (χ3v) is 9.30. The summed E-state index contributed by atoms with van der Waals surface area (Å²) in [6, 6.07) is 47.7. The summed E-state index contributed by atoms with van der Waals surface area (Å²) in [6.45, 7) is 6.09. The van der Waals surface area contributed by atoms with Crippen LogP contribution in [0.25, 0.3) is 83.2 Å². The molecule has 0 amide bonds. The molecule has 0 saturated carbocycles. The van der Waals surface area contributed by atoms with Gasteiger partial charge in [-0.05, 0) is 96.4 Å². The Morgan fingerprint density at radius 3 is 1.91 bits per heavy atom. The summed E-state index contributed by atoms with van der Waals surface area (Å²) in [5, 5.41) is 5.95. The molecule has 0 fully saturated rings. The molecule has 9 rings (SSSR count). The van der Waals surface area contributed by atoms with E-state index in [9.17, 15) is 0 Å². The number of aromatic nitrogens is 2. The smallest absolute Gasteiger partial charge is 0.135 e. The second-order valence-electron chi connectivity index (χ2n) is 11.9. The van der Waals surface area contributed by atoms with Crippen LogP contribution in [0.15, 0.2) is 157 Å². The molecular weight excluding hydrogens is 560 g/mol. The summed E-state index contributed by atoms with van der Waals surface area (Å²) in [5.41, 5.74) is 12.4. The standard InChI is InChI=1S/C43H30N2O/c1-3-4-16-38-28(2)33-14-8-10-17-39(33)45(38)32-21-24-43-37(27-32)36-26-30(20-23-42(36)46-43)29-19-22-41-35(25-29)34-15-9-11-18-40(34)44(41)31-12-6-5-7-13-31/h3-27H,1H2,2H3/b16-4-. The fraction of sp³-hybridized carbons (Fsp3) is 0.0233. The van der Waals surface area contributed by atoms with Crippen molar-refractivity contribution in [2.75, 3.05) is 0 Å². The number of nitrogens with zero attached hydrogens (tertiary/aromatic N) is 2. The van der Waals surface area contributed by atoms with Gasteiger partial charge in [0.2, 0.25) is 0 Å². The van der Waals surface area contributed by atoms with E-state index in [1.54, 1.807) is 0 Å². The van der Waals surface area contributed by atoms with Crippen LogP contribution in [-0.4, -0.2) is 9.13 Å². The monoisotopic (exact) mass is 590 g/mol. The molecule has 0 saturated heterocycles. The summed E-state index contributed by atoms with van der Waals surface area (Å²) >= 11 is 0. The van der Waals surface area contributed by atoms with E-state index in [0.29, 0.717) is 0 Å². The highest BCUT2D eigenvalue weighted by atomic mass is 16.3. The van der Waals surface area contributed by atoms with Crippen LogP contribution in [0.2, 0.25) is 0 Å². The van der Waals surface area contributed by atoms with Gasteiger partial charge in [-0.25, -0.2) is 0 Å². The Kier molecular flexibility index (Phi) is 5.87. The number of rotatable bonds is 5. The predicted octanol–water partition coefficient (Wildman–Crippen LogP) is 11.8. The zero-order chi connectivity index (χ0) is 30.8. The number of hydrogen-bond donors (Lipinski definition) is 0. The molecule has 0 atom stereocenters. The van der Waals surface area contributed by atoms with Gasteiger partial charge in [-0.3, -0.25) is 0 Å². The normalized spacial score (nSPS) is 12.0. The molecule has 0 radical (unpaired) electrons. The molecule has 0 spiro atoms. The Labute approximate surface area is 266 Å². The first-order valence-corrected chi connectivity index (χ1v) is 15.6. The summed E-state index contributed by atoms with van der Waals surface area (Å²) in [6.07, 6.45) is 5.97. The minimum absolute atomic E-state index is 0.883. The molecule has 0 unspecified atom stereocenters. The van der Waals surface area contributed by atoms with Gasteiger partial charge < -0.3 is 13.6 Å². The second-order valence-corrected chi connectivity index (χ2v) is 11.9. The predicted molar refractivity (Wildman–Crippen MR) is 194 cm³/mol. The quantitative estimate of drug-likeness (QED) is 0.183. The zero-order valence-corrected chi connectivity index (χ0v) is 25.4. The Bertz CT molecular complexity index is 2660. The molecule has 3 heteroatoms. The van der Waals surface area contributed by atoms with Crippen LogP contribution in [0.5, 0.6) is 0 Å². The zero-order valence-electron chi connectivity index (χ0n) is 25.4. The minimum Gasteiger partial charge on any atom is -0.456 e. The van der Waals surface area contributed by atoms with Crippen LogP contribution < -0.4 is 0 Å². The highest BCUT2D eigenvalue weighted by Crippen LogP contribution is 2.38. The van der Waals surface area contributed by atoms with Crippen molar-refractivity contribution in [3.8, 4) is 22.5 Å². The van der Waals surface area contributed by atoms with Crippen molar-refractivity contribution < 1.29 is 4.42 Å². The molecular formula is C43H30N2O. The van der Waals surface area contributed by atoms with Crippen LogP contribution in [0.4, 0.5) is 0 Å². The average Bonchev–Trinajstić information content (AvgIpc) is 3.74. The Morgan fingerprint density at radius 1 is 0.522 bits per heavy atom. The van der Waals surface area contributed by atoms with Crippen LogP contribution >= 0.6 is 0 Å². The van der Waals surface area contributed by atoms with E-state index in [-0.39, 0.29) is 0 Å². The Hall–Kier alpha value is -6.06. The van der Waals surface area contributed by atoms with Gasteiger partial charge in [0.1, 0.15) is 11.2 Å². The topological polar surface area (TPSA) is 23.0 Å². The highest BCUT2D eigenvalue weighted by molar-refractivity contribution is 6.11. The molecule has 3 heterocycles. The first-order valence-electron chi connectivity index (χ1n) is 15.6. The maximum absolute atomic E-state index is 6.36. The highest BCUT2D eigenvalue weighted by Gasteiger charge is 2.17. The fourth-order valence-corrected chi connectivity index (χ4v) is 7.15. The lowest BCUT2D eigenvalue weighted by atomic mass is 10.0. The van der Waals surface area contributed by atoms with Gasteiger partial charge in [0, 0.05) is 44.0 Å². The van der Waals surface area contributed by atoms with Crippen molar-refractivity contribution in [2.24, 2.45) is 0 Å². The van der Waals surface area contributed by atoms with E-state index in [2.05, 4.69) is 162 Å². The van der Waals surface area contributed by atoms with Crippen LogP contribution in [-0.2, 0) is 0 Å². The Morgan fingerprint density at radius 2 is 1.13 bits per heavy atom. The SMILES string of the molecule is C=C/C=C\c1c(C)c2ccccc2n1-c1ccc2oc3ccc(-c4ccc5c(c4)c4ccccc4n5-c4ccccc4)cc3c2c1. The maximum atomic E-state index is 6.36. The molecule has 6 aromatic carbocycles. The molecule has 9 aromatic rings. The number of furan rings is 1. The lowest BCUT2D eigenvalue weighted by Gasteiger charge is -2.10. The van der Waals surface area contributed by atoms with E-state index >= 15 is 0 Å². The van der Waals surface area contributed by atoms with Crippen molar-refractivity contribution in [1.29, 1.82) is 0 Å². The number of aryl methyl sites for hydroxylation is 1. The van der Waals surface area contributed by atoms with Crippen molar-refractivity contribution in [3.63, 3.8) is 0 Å². The lowest BCUT2D eigenvalue weighted by molar-refractivity contribution is 0.669. The second kappa shape index (κ2) is 10.3. The third kappa shape index (κ3) is 3.92. The molecule has 3 aromatic heterocycles. The summed E-state index contributed by atoms with van der Waals surface area (Å²) < 4.78 is 11.1. The third-order valence-electron chi connectivity index (χ3n) is 9.30. The molecule has 0 aliphatic rings. The van der Waals surface area contributed by atoms with E-state index in [1.807, 2.05) is 12.2 Å². The first kappa shape index (κ1) is 26.4. The minimum atomic E-state index is 0.883. The largest absolute Gasteiger partial charge is 0.456 e. The van der Waals surface area contributed by atoms with Gasteiger partial charge >= 0.3 is 0 Å². The molecule has 0 N–H and O–H groups in total. The van der Waals surface area contributed by atoms with Crippen molar-refractivity contribution in [2.45, 2.75) is 6.92 Å². The van der Waals surface area contributed by atoms with Crippen LogP contribution in [0.1, 0.15) is 11.3 Å². The fourth-order valence-electron chi connectivity index (χ4n) is 7.15. The Balaban J connectivity index is 1.22. The van der Waals surface area contributed by atoms with E-state index < -0.39 is 0 Å². The molecule has 0 aliphatic heterocycles. The van der Waals surface area contributed by atoms with Crippen molar-refractivity contribution in [3.05, 3.63) is 163 Å². The molecule has 46 heavy (non-hydrogen) atoms. The number of allylic oxidation sites excluding steroid dienone is 2. The summed E-state index contributed by atoms with van der Waals surface area (Å²) in [7, 11) is 0. The van der Waals surface area contributed by atoms with Crippen LogP contribution in [0.3, 0.4) is 0 Å². The van der Waals surface area contributed by atoms with E-state index in [1.165, 1.54) is 43.8 Å². The average molecular weight is 591 g/mol. The molecule has 218 valence electrons. The molecule has 3 nitrogen and oxygen atoms in total. The number of fused-ring (bicyclic) bond motifs is 7. The number of para-hydroxylation sites is 3. The van der Waals surface area contributed by atoms with Crippen LogP contribution in [0, 0.1) is 6.92 Å². The number of benzene rings is 6. The van der Waals surface area contributed by atoms with Crippen molar-refractivity contribution in [1.82, 2.24) is 9.13 Å². The number of hydrogen-bond acceptors (Lipinski definition) is 1. The van der Waals surface area contributed by atoms with E-state index in [4.69, 9.17) is 4.42 Å². The lowest BCUT2D eigenvalue weighted by Crippen LogP contribution is -1.96. The van der Waals surface area contributed by atoms with Gasteiger partial charge in [0.05, 0.1) is 16.6 Å². The molecule has 0 bridgehead atoms. The van der Waals surface area contributed by atoms with Gasteiger partial charge in [0.15, 0.2) is 0 Å². The van der Waals surface area contributed by atoms with Gasteiger partial charge in [-0.15, -0.1) is 0 Å². The van der Waals surface area contributed by atoms with Gasteiger partial charge in [-0.1, -0.05) is 85.5 Å². The van der Waals surface area contributed by atoms with Crippen molar-refractivity contribution >= 4 is 60.7 Å². The maximum Gasteiger partial charge on any atom is 0.135 e. The summed E-state index contributed by atoms with van der Waals surface area (Å²) in [4.78, 5) is 0.